The van der Waals surface area contributed by atoms with Crippen LogP contribution in [0.15, 0.2) is 67.1 Å². The fourth-order valence-corrected chi connectivity index (χ4v) is 4.85. The van der Waals surface area contributed by atoms with Crippen LogP contribution in [0.2, 0.25) is 0 Å². The molecule has 2 aromatic heterocycles. The molecule has 1 unspecified atom stereocenters. The second-order valence-electron chi connectivity index (χ2n) is 9.86. The van der Waals surface area contributed by atoms with Gasteiger partial charge in [-0.05, 0) is 68.9 Å². The molecule has 200 valence electrons. The highest BCUT2D eigenvalue weighted by Gasteiger charge is 2.19. The molecule has 3 N–H and O–H groups in total. The molecule has 0 radical (unpaired) electrons. The van der Waals surface area contributed by atoms with Gasteiger partial charge < -0.3 is 25.5 Å². The number of carboxylic acids is 1. The average molecular weight is 526 g/mol. The predicted molar refractivity (Wildman–Crippen MR) is 151 cm³/mol. The van der Waals surface area contributed by atoms with Crippen LogP contribution in [0.4, 0.5) is 17.3 Å². The first kappa shape index (κ1) is 26.1. The normalized spacial score (nSPS) is 14.0. The number of hydrogen-bond acceptors (Lipinski definition) is 8. The summed E-state index contributed by atoms with van der Waals surface area (Å²) in [6.45, 7) is 2.55. The number of carbonyl (C=O) groups is 2. The van der Waals surface area contributed by atoms with Crippen molar-refractivity contribution >= 4 is 40.1 Å². The molecule has 0 bridgehead atoms. The van der Waals surface area contributed by atoms with Gasteiger partial charge in [0.15, 0.2) is 0 Å². The summed E-state index contributed by atoms with van der Waals surface area (Å²) in [5, 5.41) is 16.7. The van der Waals surface area contributed by atoms with Crippen LogP contribution in [0.1, 0.15) is 45.2 Å². The third kappa shape index (κ3) is 5.96. The first-order chi connectivity index (χ1) is 18.9. The first-order valence-electron chi connectivity index (χ1n) is 12.9. The van der Waals surface area contributed by atoms with Gasteiger partial charge in [0.05, 0.1) is 17.1 Å². The Balaban J connectivity index is 1.39. The minimum atomic E-state index is -1.04. The molecule has 0 spiro atoms. The summed E-state index contributed by atoms with van der Waals surface area (Å²) in [6.07, 6.45) is 5.32. The molecule has 1 fully saturated rings. The molecule has 2 aromatic carbocycles. The van der Waals surface area contributed by atoms with Crippen molar-refractivity contribution in [2.45, 2.75) is 18.9 Å². The van der Waals surface area contributed by atoms with Crippen LogP contribution in [0.5, 0.6) is 0 Å². The molecule has 1 aliphatic heterocycles. The van der Waals surface area contributed by atoms with Gasteiger partial charge in [-0.15, -0.1) is 0 Å². The lowest BCUT2D eigenvalue weighted by Crippen LogP contribution is -2.26. The van der Waals surface area contributed by atoms with Crippen LogP contribution < -0.4 is 15.5 Å². The van der Waals surface area contributed by atoms with Crippen molar-refractivity contribution in [3.8, 4) is 0 Å². The zero-order valence-electron chi connectivity index (χ0n) is 22.0. The molecular formula is C29H31N7O3. The van der Waals surface area contributed by atoms with Crippen LogP contribution in [-0.4, -0.2) is 70.6 Å². The SMILES string of the molecule is CN(C)CC(Nc1ncnc2c(C(=O)O)cccc12)c1cccc(NC(=O)c2ccnc(N3CCCC3)c2)c1. The first-order valence-corrected chi connectivity index (χ1v) is 12.9. The number of anilines is 3. The van der Waals surface area contributed by atoms with Gasteiger partial charge in [0, 0.05) is 42.5 Å². The molecule has 1 saturated heterocycles. The smallest absolute Gasteiger partial charge is 0.337 e. The predicted octanol–water partition coefficient (Wildman–Crippen LogP) is 4.29. The molecule has 0 saturated carbocycles. The third-order valence-electron chi connectivity index (χ3n) is 6.74. The number of aromatic nitrogens is 3. The summed E-state index contributed by atoms with van der Waals surface area (Å²) in [5.74, 6) is 0.123. The van der Waals surface area contributed by atoms with Crippen molar-refractivity contribution in [1.82, 2.24) is 19.9 Å². The van der Waals surface area contributed by atoms with Crippen LogP contribution >= 0.6 is 0 Å². The summed E-state index contributed by atoms with van der Waals surface area (Å²) in [5.41, 5.74) is 2.66. The quantitative estimate of drug-likeness (QED) is 0.294. The summed E-state index contributed by atoms with van der Waals surface area (Å²) in [4.78, 5) is 42.1. The standard InChI is InChI=1S/C29H31N7O3/c1-35(2)17-24(34-27-22-9-6-10-23(29(38)39)26(22)31-18-32-27)19-7-5-8-21(15-19)33-28(37)20-11-12-30-25(16-20)36-13-3-4-14-36/h5-12,15-16,18,24H,3-4,13-14,17H2,1-2H3,(H,33,37)(H,38,39)(H,31,32,34). The number of hydrogen-bond donors (Lipinski definition) is 3. The largest absolute Gasteiger partial charge is 0.478 e. The minimum Gasteiger partial charge on any atom is -0.478 e. The Hall–Kier alpha value is -4.57. The monoisotopic (exact) mass is 525 g/mol. The Kier molecular flexibility index (Phi) is 7.64. The van der Waals surface area contributed by atoms with Gasteiger partial charge in [-0.25, -0.2) is 19.7 Å². The van der Waals surface area contributed by atoms with E-state index in [0.717, 1.165) is 37.3 Å². The van der Waals surface area contributed by atoms with Crippen LogP contribution in [0.3, 0.4) is 0 Å². The highest BCUT2D eigenvalue weighted by Crippen LogP contribution is 2.28. The van der Waals surface area contributed by atoms with Gasteiger partial charge in [-0.3, -0.25) is 4.79 Å². The van der Waals surface area contributed by atoms with E-state index in [-0.39, 0.29) is 17.5 Å². The Morgan fingerprint density at radius 2 is 1.82 bits per heavy atom. The number of nitrogens with one attached hydrogen (secondary N) is 2. The van der Waals surface area contributed by atoms with Crippen molar-refractivity contribution in [3.63, 3.8) is 0 Å². The summed E-state index contributed by atoms with van der Waals surface area (Å²) >= 11 is 0. The molecular weight excluding hydrogens is 494 g/mol. The fraction of sp³-hybridized carbons (Fsp3) is 0.276. The van der Waals surface area contributed by atoms with E-state index in [1.807, 2.05) is 49.3 Å². The number of rotatable bonds is 9. The van der Waals surface area contributed by atoms with E-state index < -0.39 is 5.97 Å². The number of likely N-dealkylation sites (N-methyl/N-ethyl adjacent to an activating group) is 1. The zero-order chi connectivity index (χ0) is 27.4. The maximum atomic E-state index is 13.1. The van der Waals surface area contributed by atoms with Crippen LogP contribution in [0, 0.1) is 0 Å². The van der Waals surface area contributed by atoms with E-state index in [9.17, 15) is 14.7 Å². The van der Waals surface area contributed by atoms with Crippen molar-refractivity contribution in [2.24, 2.45) is 0 Å². The van der Waals surface area contributed by atoms with E-state index in [4.69, 9.17) is 0 Å². The number of amides is 1. The zero-order valence-corrected chi connectivity index (χ0v) is 22.0. The summed E-state index contributed by atoms with van der Waals surface area (Å²) < 4.78 is 0. The Labute approximate surface area is 226 Å². The average Bonchev–Trinajstić information content (AvgIpc) is 3.48. The number of carbonyl (C=O) groups excluding carboxylic acids is 1. The number of para-hydroxylation sites is 1. The van der Waals surface area contributed by atoms with Crippen molar-refractivity contribution in [1.29, 1.82) is 0 Å². The molecule has 10 nitrogen and oxygen atoms in total. The lowest BCUT2D eigenvalue weighted by Gasteiger charge is -2.24. The molecule has 1 amide bonds. The fourth-order valence-electron chi connectivity index (χ4n) is 4.85. The summed E-state index contributed by atoms with van der Waals surface area (Å²) in [7, 11) is 3.95. The van der Waals surface area contributed by atoms with Crippen molar-refractivity contribution < 1.29 is 14.7 Å². The van der Waals surface area contributed by atoms with E-state index >= 15 is 0 Å². The van der Waals surface area contributed by atoms with Crippen molar-refractivity contribution in [3.05, 3.63) is 83.8 Å². The molecule has 1 aliphatic rings. The van der Waals surface area contributed by atoms with Gasteiger partial charge in [0.1, 0.15) is 18.0 Å². The number of nitrogens with zero attached hydrogens (tertiary/aromatic N) is 5. The van der Waals surface area contributed by atoms with E-state index in [0.29, 0.717) is 34.5 Å². The van der Waals surface area contributed by atoms with E-state index in [1.165, 1.54) is 12.4 Å². The minimum absolute atomic E-state index is 0.121. The molecule has 1 atom stereocenters. The maximum absolute atomic E-state index is 13.1. The lowest BCUT2D eigenvalue weighted by atomic mass is 10.0. The van der Waals surface area contributed by atoms with Gasteiger partial charge in [-0.2, -0.15) is 0 Å². The van der Waals surface area contributed by atoms with E-state index in [2.05, 4.69) is 30.5 Å². The molecule has 4 aromatic rings. The second kappa shape index (κ2) is 11.4. The molecule has 3 heterocycles. The van der Waals surface area contributed by atoms with Gasteiger partial charge in [-0.1, -0.05) is 18.2 Å². The van der Waals surface area contributed by atoms with Crippen molar-refractivity contribution in [2.75, 3.05) is 49.3 Å². The number of aromatic carboxylic acids is 1. The van der Waals surface area contributed by atoms with Crippen LogP contribution in [-0.2, 0) is 0 Å². The van der Waals surface area contributed by atoms with Gasteiger partial charge in [0.2, 0.25) is 0 Å². The van der Waals surface area contributed by atoms with Gasteiger partial charge in [0.25, 0.3) is 5.91 Å². The number of pyridine rings is 1. The van der Waals surface area contributed by atoms with E-state index in [1.54, 1.807) is 24.4 Å². The Morgan fingerprint density at radius 1 is 1.03 bits per heavy atom. The highest BCUT2D eigenvalue weighted by atomic mass is 16.4. The Morgan fingerprint density at radius 3 is 2.59 bits per heavy atom. The topological polar surface area (TPSA) is 124 Å². The summed E-state index contributed by atoms with van der Waals surface area (Å²) in [6, 6.07) is 16.1. The lowest BCUT2D eigenvalue weighted by molar-refractivity contribution is 0.0698. The maximum Gasteiger partial charge on any atom is 0.337 e. The molecule has 5 rings (SSSR count). The Bertz CT molecular complexity index is 1500. The second-order valence-corrected chi connectivity index (χ2v) is 9.86. The third-order valence-corrected chi connectivity index (χ3v) is 6.74. The molecule has 10 heteroatoms. The molecule has 0 aliphatic carbocycles. The van der Waals surface area contributed by atoms with Crippen LogP contribution in [0.25, 0.3) is 10.9 Å². The number of fused-ring (bicyclic) bond motifs is 1. The molecule has 39 heavy (non-hydrogen) atoms. The number of benzene rings is 2. The highest BCUT2D eigenvalue weighted by molar-refractivity contribution is 6.05. The number of carboxylic acid groups (broad SMARTS) is 1. The van der Waals surface area contributed by atoms with Gasteiger partial charge >= 0.3 is 5.97 Å².